The van der Waals surface area contributed by atoms with Gasteiger partial charge in [-0.1, -0.05) is 49.0 Å². The first kappa shape index (κ1) is 17.5. The van der Waals surface area contributed by atoms with Crippen molar-refractivity contribution in [2.24, 2.45) is 7.05 Å². The summed E-state index contributed by atoms with van der Waals surface area (Å²) < 4.78 is 1.50. The van der Waals surface area contributed by atoms with Crippen LogP contribution in [0.1, 0.15) is 22.8 Å². The number of aromatic nitrogens is 3. The number of para-hydroxylation sites is 2. The lowest BCUT2D eigenvalue weighted by atomic mass is 10.1. The van der Waals surface area contributed by atoms with Gasteiger partial charge >= 0.3 is 0 Å². The molecule has 0 bridgehead atoms. The third-order valence-corrected chi connectivity index (χ3v) is 5.79. The number of aromatic amines is 1. The monoisotopic (exact) mass is 377 g/mol. The number of rotatable bonds is 5. The Morgan fingerprint density at radius 3 is 2.74 bits per heavy atom. The number of benzene rings is 2. The summed E-state index contributed by atoms with van der Waals surface area (Å²) in [4.78, 5) is 33.1. The van der Waals surface area contributed by atoms with Crippen LogP contribution in [0.3, 0.4) is 0 Å². The van der Waals surface area contributed by atoms with Crippen molar-refractivity contribution >= 4 is 39.4 Å². The fourth-order valence-electron chi connectivity index (χ4n) is 3.28. The van der Waals surface area contributed by atoms with E-state index in [9.17, 15) is 9.59 Å². The van der Waals surface area contributed by atoms with Crippen LogP contribution in [0.4, 0.5) is 0 Å². The van der Waals surface area contributed by atoms with Crippen LogP contribution in [0.15, 0.2) is 58.6 Å². The van der Waals surface area contributed by atoms with Crippen molar-refractivity contribution in [3.05, 3.63) is 70.1 Å². The van der Waals surface area contributed by atoms with Crippen LogP contribution in [-0.2, 0) is 13.5 Å². The maximum Gasteiger partial charge on any atom is 0.261 e. The van der Waals surface area contributed by atoms with Gasteiger partial charge in [-0.15, -0.1) is 0 Å². The number of Topliss-reactive ketones (excluding diaryl/α,β-unsaturated/α-hetero) is 1. The number of thioether (sulfide) groups is 1. The summed E-state index contributed by atoms with van der Waals surface area (Å²) in [5, 5.41) is 2.07. The molecule has 0 aliphatic rings. The number of hydrogen-bond donors (Lipinski definition) is 1. The lowest BCUT2D eigenvalue weighted by molar-refractivity contribution is 0.102. The van der Waals surface area contributed by atoms with Gasteiger partial charge in [0.1, 0.15) is 0 Å². The van der Waals surface area contributed by atoms with Gasteiger partial charge in [-0.05, 0) is 24.1 Å². The number of hydrogen-bond acceptors (Lipinski definition) is 4. The van der Waals surface area contributed by atoms with E-state index < -0.39 is 0 Å². The molecule has 27 heavy (non-hydrogen) atoms. The SMILES string of the molecule is CCc1cccc2c(C(=O)CSc3nc4ccccc4c(=O)n3C)c[nH]c12. The topological polar surface area (TPSA) is 67.8 Å². The minimum atomic E-state index is -0.102. The Labute approximate surface area is 160 Å². The highest BCUT2D eigenvalue weighted by Crippen LogP contribution is 2.25. The highest BCUT2D eigenvalue weighted by molar-refractivity contribution is 7.99. The van der Waals surface area contributed by atoms with Gasteiger partial charge in [0.15, 0.2) is 10.9 Å². The molecule has 0 aliphatic heterocycles. The van der Waals surface area contributed by atoms with E-state index in [1.165, 1.54) is 21.9 Å². The molecule has 0 radical (unpaired) electrons. The first-order valence-corrected chi connectivity index (χ1v) is 9.79. The summed E-state index contributed by atoms with van der Waals surface area (Å²) >= 11 is 1.29. The van der Waals surface area contributed by atoms with Crippen molar-refractivity contribution in [3.8, 4) is 0 Å². The van der Waals surface area contributed by atoms with Crippen LogP contribution in [0, 0.1) is 0 Å². The van der Waals surface area contributed by atoms with Crippen molar-refractivity contribution in [1.29, 1.82) is 0 Å². The zero-order valence-electron chi connectivity index (χ0n) is 15.2. The fraction of sp³-hybridized carbons (Fsp3) is 0.190. The zero-order valence-corrected chi connectivity index (χ0v) is 16.0. The van der Waals surface area contributed by atoms with Crippen LogP contribution < -0.4 is 5.56 Å². The van der Waals surface area contributed by atoms with Crippen LogP contribution >= 0.6 is 11.8 Å². The molecule has 0 atom stereocenters. The van der Waals surface area contributed by atoms with E-state index in [1.807, 2.05) is 30.3 Å². The summed E-state index contributed by atoms with van der Waals surface area (Å²) in [7, 11) is 1.69. The number of carbonyl (C=O) groups excluding carboxylic acids is 1. The first-order valence-electron chi connectivity index (χ1n) is 8.81. The standard InChI is InChI=1S/C21H19N3O2S/c1-3-13-7-6-9-14-16(11-22-19(13)14)18(25)12-27-21-23-17-10-5-4-8-15(17)20(26)24(21)2/h4-11,22H,3,12H2,1-2H3. The molecule has 1 N–H and O–H groups in total. The van der Waals surface area contributed by atoms with Gasteiger partial charge in [0.25, 0.3) is 5.56 Å². The maximum absolute atomic E-state index is 12.8. The van der Waals surface area contributed by atoms with Crippen molar-refractivity contribution in [2.75, 3.05) is 5.75 Å². The molecule has 2 heterocycles. The Balaban J connectivity index is 1.63. The van der Waals surface area contributed by atoms with Gasteiger partial charge in [-0.25, -0.2) is 4.98 Å². The lowest BCUT2D eigenvalue weighted by Crippen LogP contribution is -2.20. The van der Waals surface area contributed by atoms with E-state index in [-0.39, 0.29) is 17.1 Å². The summed E-state index contributed by atoms with van der Waals surface area (Å²) in [6.45, 7) is 2.10. The average molecular weight is 377 g/mol. The van der Waals surface area contributed by atoms with Crippen LogP contribution in [0.2, 0.25) is 0 Å². The molecule has 136 valence electrons. The molecule has 0 fully saturated rings. The second-order valence-electron chi connectivity index (χ2n) is 6.38. The maximum atomic E-state index is 12.8. The third-order valence-electron chi connectivity index (χ3n) is 4.76. The Kier molecular flexibility index (Phi) is 4.58. The molecule has 2 aromatic carbocycles. The Bertz CT molecular complexity index is 1220. The van der Waals surface area contributed by atoms with Crippen molar-refractivity contribution in [1.82, 2.24) is 14.5 Å². The molecule has 0 saturated carbocycles. The number of nitrogens with zero attached hydrogens (tertiary/aromatic N) is 2. The van der Waals surface area contributed by atoms with Gasteiger partial charge in [0.2, 0.25) is 0 Å². The fourth-order valence-corrected chi connectivity index (χ4v) is 4.13. The number of ketones is 1. The van der Waals surface area contributed by atoms with Gasteiger partial charge < -0.3 is 4.98 Å². The van der Waals surface area contributed by atoms with Crippen LogP contribution in [-0.4, -0.2) is 26.1 Å². The summed E-state index contributed by atoms with van der Waals surface area (Å²) in [6.07, 6.45) is 2.68. The Morgan fingerprint density at radius 2 is 1.93 bits per heavy atom. The first-order chi connectivity index (χ1) is 13.1. The molecule has 2 aromatic heterocycles. The zero-order chi connectivity index (χ0) is 19.0. The van der Waals surface area contributed by atoms with Gasteiger partial charge in [0.05, 0.1) is 16.7 Å². The number of carbonyl (C=O) groups is 1. The second kappa shape index (κ2) is 7.04. The Hall–Kier alpha value is -2.86. The van der Waals surface area contributed by atoms with Crippen LogP contribution in [0.25, 0.3) is 21.8 Å². The van der Waals surface area contributed by atoms with E-state index in [1.54, 1.807) is 19.3 Å². The number of nitrogens with one attached hydrogen (secondary N) is 1. The van der Waals surface area contributed by atoms with E-state index in [0.717, 1.165) is 17.3 Å². The molecule has 0 unspecified atom stereocenters. The minimum absolute atomic E-state index is 0.0157. The molecule has 4 aromatic rings. The van der Waals surface area contributed by atoms with Gasteiger partial charge in [0, 0.05) is 29.7 Å². The lowest BCUT2D eigenvalue weighted by Gasteiger charge is -2.08. The van der Waals surface area contributed by atoms with Gasteiger partial charge in [-0.3, -0.25) is 14.2 Å². The summed E-state index contributed by atoms with van der Waals surface area (Å²) in [5.74, 6) is 0.240. The normalized spacial score (nSPS) is 11.3. The molecular formula is C21H19N3O2S. The van der Waals surface area contributed by atoms with E-state index in [2.05, 4.69) is 23.0 Å². The van der Waals surface area contributed by atoms with E-state index in [0.29, 0.717) is 21.6 Å². The molecule has 0 saturated heterocycles. The minimum Gasteiger partial charge on any atom is -0.360 e. The van der Waals surface area contributed by atoms with Crippen molar-refractivity contribution in [3.63, 3.8) is 0 Å². The number of H-pyrrole nitrogens is 1. The quantitative estimate of drug-likeness (QED) is 0.325. The number of fused-ring (bicyclic) bond motifs is 2. The highest BCUT2D eigenvalue weighted by atomic mass is 32.2. The number of aryl methyl sites for hydroxylation is 1. The second-order valence-corrected chi connectivity index (χ2v) is 7.33. The molecule has 0 spiro atoms. The summed E-state index contributed by atoms with van der Waals surface area (Å²) in [6, 6.07) is 13.3. The molecule has 0 aliphatic carbocycles. The van der Waals surface area contributed by atoms with Crippen molar-refractivity contribution in [2.45, 2.75) is 18.5 Å². The molecule has 6 heteroatoms. The molecule has 4 rings (SSSR count). The third kappa shape index (κ3) is 3.06. The molecule has 5 nitrogen and oxygen atoms in total. The van der Waals surface area contributed by atoms with E-state index >= 15 is 0 Å². The smallest absolute Gasteiger partial charge is 0.261 e. The van der Waals surface area contributed by atoms with Crippen LogP contribution in [0.5, 0.6) is 0 Å². The van der Waals surface area contributed by atoms with E-state index in [4.69, 9.17) is 0 Å². The van der Waals surface area contributed by atoms with Gasteiger partial charge in [-0.2, -0.15) is 0 Å². The molecular weight excluding hydrogens is 358 g/mol. The largest absolute Gasteiger partial charge is 0.360 e. The highest BCUT2D eigenvalue weighted by Gasteiger charge is 2.16. The predicted octanol–water partition coefficient (Wildman–Crippen LogP) is 3.95. The summed E-state index contributed by atoms with van der Waals surface area (Å²) in [5.41, 5.74) is 3.44. The van der Waals surface area contributed by atoms with Crippen molar-refractivity contribution < 1.29 is 4.79 Å². The predicted molar refractivity (Wildman–Crippen MR) is 110 cm³/mol. The Morgan fingerprint density at radius 1 is 1.15 bits per heavy atom. The average Bonchev–Trinajstić information content (AvgIpc) is 3.13. The molecule has 0 amide bonds.